The van der Waals surface area contributed by atoms with Crippen LogP contribution in [-0.4, -0.2) is 57.0 Å². The molecule has 10 heteroatoms. The Labute approximate surface area is 438 Å². The standard InChI is InChI=1S/3C18H37NO.C6H18N4/c3*1-2-3-4-5-6-7-8-9-10-11-12-13-14-15-16-17-18(19)20;7-1-3-9-5-6-10-4-2-8/h3*2-17H2,1H3,(H2,19,20);9-10H,1-8H2. The largest absolute Gasteiger partial charge is 0.370 e. The Bertz CT molecular complexity index is 845. The zero-order chi connectivity index (χ0) is 52.3. The predicted octanol–water partition coefficient (Wildman–Crippen LogP) is 15.3. The van der Waals surface area contributed by atoms with Crippen molar-refractivity contribution < 1.29 is 14.4 Å². The molecule has 0 rings (SSSR count). The van der Waals surface area contributed by atoms with Crippen LogP contribution < -0.4 is 39.3 Å². The minimum atomic E-state index is -0.153. The van der Waals surface area contributed by atoms with Crippen LogP contribution in [-0.2, 0) is 14.4 Å². The first-order chi connectivity index (χ1) is 34.2. The van der Waals surface area contributed by atoms with Crippen molar-refractivity contribution in [3.8, 4) is 0 Å². The van der Waals surface area contributed by atoms with Crippen molar-refractivity contribution in [2.45, 2.75) is 329 Å². The van der Waals surface area contributed by atoms with E-state index in [0.717, 1.165) is 45.4 Å². The van der Waals surface area contributed by atoms with E-state index in [9.17, 15) is 14.4 Å². The van der Waals surface area contributed by atoms with Gasteiger partial charge in [-0.25, -0.2) is 0 Å². The first-order valence-electron chi connectivity index (χ1n) is 30.9. The summed E-state index contributed by atoms with van der Waals surface area (Å²) in [6, 6.07) is 0. The van der Waals surface area contributed by atoms with Crippen LogP contribution in [0.3, 0.4) is 0 Å². The van der Waals surface area contributed by atoms with Gasteiger partial charge in [0.25, 0.3) is 0 Å². The second-order valence-electron chi connectivity index (χ2n) is 20.6. The molecule has 3 amide bonds. The Morgan fingerprint density at radius 3 is 0.514 bits per heavy atom. The zero-order valence-electron chi connectivity index (χ0n) is 47.8. The molecule has 0 saturated carbocycles. The van der Waals surface area contributed by atoms with Gasteiger partial charge in [-0.05, 0) is 19.3 Å². The van der Waals surface area contributed by atoms with E-state index < -0.39 is 0 Å². The molecule has 0 spiro atoms. The number of amides is 3. The summed E-state index contributed by atoms with van der Waals surface area (Å²) in [6.07, 6.45) is 62.6. The number of carbonyl (C=O) groups excluding carboxylic acids is 3. The van der Waals surface area contributed by atoms with E-state index in [2.05, 4.69) is 31.4 Å². The SMILES string of the molecule is CCCCCCCCCCCCCCCCCC(N)=O.CCCCCCCCCCCCCCCCCC(N)=O.CCCCCCCCCCCCCCCCCC(N)=O.NCCNCCNCCN. The minimum Gasteiger partial charge on any atom is -0.370 e. The molecule has 0 aliphatic rings. The van der Waals surface area contributed by atoms with Crippen molar-refractivity contribution >= 4 is 17.7 Å². The lowest BCUT2D eigenvalue weighted by atomic mass is 10.0. The van der Waals surface area contributed by atoms with E-state index in [1.54, 1.807) is 0 Å². The van der Waals surface area contributed by atoms with Crippen LogP contribution in [0.1, 0.15) is 329 Å². The van der Waals surface area contributed by atoms with Crippen LogP contribution in [0.15, 0.2) is 0 Å². The molecule has 70 heavy (non-hydrogen) atoms. The topological polar surface area (TPSA) is 205 Å². The van der Waals surface area contributed by atoms with Crippen LogP contribution in [0.4, 0.5) is 0 Å². The van der Waals surface area contributed by atoms with E-state index in [0.29, 0.717) is 32.4 Å². The Kier molecular flexibility index (Phi) is 78.8. The van der Waals surface area contributed by atoms with Crippen molar-refractivity contribution in [2.24, 2.45) is 28.7 Å². The van der Waals surface area contributed by atoms with Gasteiger partial charge in [0.05, 0.1) is 0 Å². The Hall–Kier alpha value is -1.75. The lowest BCUT2D eigenvalue weighted by Crippen LogP contribution is -2.32. The highest BCUT2D eigenvalue weighted by atomic mass is 16.1. The molecule has 0 heterocycles. The Balaban J connectivity index is -0.000000426. The number of rotatable bonds is 55. The number of hydrogen-bond acceptors (Lipinski definition) is 7. The maximum Gasteiger partial charge on any atom is 0.217 e. The third-order valence-electron chi connectivity index (χ3n) is 13.2. The fraction of sp³-hybridized carbons (Fsp3) is 0.950. The molecule has 0 radical (unpaired) electrons. The fourth-order valence-corrected chi connectivity index (χ4v) is 8.64. The third-order valence-corrected chi connectivity index (χ3v) is 13.2. The monoisotopic (exact) mass is 996 g/mol. The van der Waals surface area contributed by atoms with Crippen LogP contribution in [0, 0.1) is 0 Å². The van der Waals surface area contributed by atoms with Crippen molar-refractivity contribution in [3.05, 3.63) is 0 Å². The van der Waals surface area contributed by atoms with Gasteiger partial charge in [0, 0.05) is 58.5 Å². The molecule has 0 aliphatic heterocycles. The van der Waals surface area contributed by atoms with Crippen molar-refractivity contribution in [2.75, 3.05) is 39.3 Å². The predicted molar refractivity (Wildman–Crippen MR) is 310 cm³/mol. The van der Waals surface area contributed by atoms with Crippen molar-refractivity contribution in [1.82, 2.24) is 10.6 Å². The second kappa shape index (κ2) is 73.8. The molecular weight excluding hydrogens is 867 g/mol. The lowest BCUT2D eigenvalue weighted by Gasteiger charge is -2.03. The third kappa shape index (κ3) is 89.1. The lowest BCUT2D eigenvalue weighted by molar-refractivity contribution is -0.119. The highest BCUT2D eigenvalue weighted by Gasteiger charge is 1.99. The van der Waals surface area contributed by atoms with Gasteiger partial charge in [0.1, 0.15) is 0 Å². The Morgan fingerprint density at radius 1 is 0.243 bits per heavy atom. The van der Waals surface area contributed by atoms with E-state index in [1.165, 1.54) is 270 Å². The van der Waals surface area contributed by atoms with Gasteiger partial charge in [0.2, 0.25) is 17.7 Å². The van der Waals surface area contributed by atoms with Gasteiger partial charge in [0.15, 0.2) is 0 Å². The molecule has 422 valence electrons. The van der Waals surface area contributed by atoms with Crippen LogP contribution in [0.5, 0.6) is 0 Å². The molecule has 0 bridgehead atoms. The second-order valence-corrected chi connectivity index (χ2v) is 20.6. The summed E-state index contributed by atoms with van der Waals surface area (Å²) in [5.74, 6) is -0.459. The first kappa shape index (κ1) is 74.8. The molecule has 0 aromatic carbocycles. The van der Waals surface area contributed by atoms with Gasteiger partial charge in [-0.1, -0.05) is 290 Å². The summed E-state index contributed by atoms with van der Waals surface area (Å²) < 4.78 is 0. The molecule has 0 aromatic heterocycles. The summed E-state index contributed by atoms with van der Waals surface area (Å²) >= 11 is 0. The van der Waals surface area contributed by atoms with Gasteiger partial charge >= 0.3 is 0 Å². The summed E-state index contributed by atoms with van der Waals surface area (Å²) in [7, 11) is 0. The molecule has 0 atom stereocenters. The smallest absolute Gasteiger partial charge is 0.217 e. The normalized spacial score (nSPS) is 10.8. The average molecular weight is 997 g/mol. The summed E-state index contributed by atoms with van der Waals surface area (Å²) in [5, 5.41) is 6.33. The summed E-state index contributed by atoms with van der Waals surface area (Å²) in [5.41, 5.74) is 25.9. The molecule has 0 fully saturated rings. The maximum absolute atomic E-state index is 10.6. The van der Waals surface area contributed by atoms with Gasteiger partial charge in [-0.2, -0.15) is 0 Å². The summed E-state index contributed by atoms with van der Waals surface area (Å²) in [6.45, 7) is 12.0. The van der Waals surface area contributed by atoms with Crippen LogP contribution in [0.25, 0.3) is 0 Å². The van der Waals surface area contributed by atoms with E-state index in [1.807, 2.05) is 0 Å². The maximum atomic E-state index is 10.6. The van der Waals surface area contributed by atoms with Gasteiger partial charge in [-0.3, -0.25) is 14.4 Å². The molecule has 0 aliphatic carbocycles. The minimum absolute atomic E-state index is 0.153. The summed E-state index contributed by atoms with van der Waals surface area (Å²) in [4.78, 5) is 31.7. The molecule has 12 N–H and O–H groups in total. The zero-order valence-corrected chi connectivity index (χ0v) is 47.8. The number of unbranched alkanes of at least 4 members (excludes halogenated alkanes) is 42. The van der Waals surface area contributed by atoms with E-state index >= 15 is 0 Å². The molecule has 0 aromatic rings. The fourth-order valence-electron chi connectivity index (χ4n) is 8.64. The van der Waals surface area contributed by atoms with E-state index in [4.69, 9.17) is 28.7 Å². The number of carbonyl (C=O) groups is 3. The molecule has 0 saturated heterocycles. The number of nitrogens with two attached hydrogens (primary N) is 5. The number of primary amides is 3. The molecule has 0 unspecified atom stereocenters. The highest BCUT2D eigenvalue weighted by Crippen LogP contribution is 2.16. The quantitative estimate of drug-likeness (QED) is 0.0293. The number of hydrogen-bond donors (Lipinski definition) is 7. The van der Waals surface area contributed by atoms with Crippen LogP contribution in [0.2, 0.25) is 0 Å². The number of nitrogens with one attached hydrogen (secondary N) is 2. The average Bonchev–Trinajstić information content (AvgIpc) is 3.34. The Morgan fingerprint density at radius 2 is 0.386 bits per heavy atom. The molecular formula is C60H129N7O3. The van der Waals surface area contributed by atoms with Gasteiger partial charge < -0.3 is 39.3 Å². The van der Waals surface area contributed by atoms with Crippen molar-refractivity contribution in [1.29, 1.82) is 0 Å². The van der Waals surface area contributed by atoms with Crippen molar-refractivity contribution in [3.63, 3.8) is 0 Å². The molecule has 10 nitrogen and oxygen atoms in total. The highest BCUT2D eigenvalue weighted by molar-refractivity contribution is 5.74. The van der Waals surface area contributed by atoms with Gasteiger partial charge in [-0.15, -0.1) is 0 Å². The first-order valence-corrected chi connectivity index (χ1v) is 30.9. The van der Waals surface area contributed by atoms with E-state index in [-0.39, 0.29) is 17.7 Å². The van der Waals surface area contributed by atoms with Crippen LogP contribution >= 0.6 is 0 Å².